The molecule has 0 radical (unpaired) electrons. The van der Waals surface area contributed by atoms with E-state index in [1.54, 1.807) is 11.1 Å². The summed E-state index contributed by atoms with van der Waals surface area (Å²) in [6.07, 6.45) is 30.1. The highest BCUT2D eigenvalue weighted by molar-refractivity contribution is 6.13. The maximum absolute atomic E-state index is 2.77. The van der Waals surface area contributed by atoms with Gasteiger partial charge in [-0.2, -0.15) is 0 Å². The van der Waals surface area contributed by atoms with Crippen LogP contribution < -0.4 is 4.90 Å². The second-order valence-corrected chi connectivity index (χ2v) is 25.9. The summed E-state index contributed by atoms with van der Waals surface area (Å²) in [5.41, 5.74) is 26.8. The molecule has 2 heteroatoms. The van der Waals surface area contributed by atoms with E-state index in [1.165, 1.54) is 236 Å². The molecule has 0 spiro atoms. The number of rotatable bonds is 31. The Hall–Kier alpha value is -7.42. The van der Waals surface area contributed by atoms with Gasteiger partial charge in [0.25, 0.3) is 0 Å². The molecule has 10 aromatic rings. The van der Waals surface area contributed by atoms with E-state index >= 15 is 0 Å². The zero-order valence-electron chi connectivity index (χ0n) is 53.8. The number of aryl methyl sites for hydroxylation is 4. The smallest absolute Gasteiger partial charge is 0.0544 e. The van der Waals surface area contributed by atoms with Crippen LogP contribution in [0.3, 0.4) is 0 Å². The summed E-state index contributed by atoms with van der Waals surface area (Å²) in [5, 5.41) is 2.72. The van der Waals surface area contributed by atoms with Gasteiger partial charge >= 0.3 is 0 Å². The van der Waals surface area contributed by atoms with Crippen LogP contribution in [-0.2, 0) is 18.3 Å². The quantitative estimate of drug-likeness (QED) is 0.0393. The largest absolute Gasteiger partial charge is 0.311 e. The minimum Gasteiger partial charge on any atom is -0.311 e. The molecule has 11 rings (SSSR count). The SMILES string of the molecule is CCCCCCCCC1(CCCCCCCC)c2cc(C)ccc2-c2cc3c4cc(-c5ccccc5)ccc4n(-c4cc(CCCCCC)c(-c5ccc(N(c6ccc(C)cc6)c6ccc(-c7ccccc7)cc6)cc5)cc4CCCCCC)c3cc21. The van der Waals surface area contributed by atoms with Crippen LogP contribution in [0.2, 0.25) is 0 Å². The lowest BCUT2D eigenvalue weighted by atomic mass is 9.70. The first-order valence-corrected chi connectivity index (χ1v) is 34.4. The minimum absolute atomic E-state index is 0.0268. The van der Waals surface area contributed by atoms with Crippen LogP contribution in [0.15, 0.2) is 194 Å². The number of nitrogens with zero attached hydrogens (tertiary/aromatic N) is 2. The van der Waals surface area contributed by atoms with E-state index in [-0.39, 0.29) is 5.41 Å². The molecular weight excluding hydrogens is 1050 g/mol. The van der Waals surface area contributed by atoms with E-state index < -0.39 is 0 Å². The van der Waals surface area contributed by atoms with Gasteiger partial charge in [-0.15, -0.1) is 0 Å². The van der Waals surface area contributed by atoms with Gasteiger partial charge in [0.1, 0.15) is 0 Å². The molecule has 0 aliphatic heterocycles. The van der Waals surface area contributed by atoms with Crippen molar-refractivity contribution in [2.75, 3.05) is 4.90 Å². The molecular formula is C85H98N2. The molecule has 0 N–H and O–H groups in total. The van der Waals surface area contributed by atoms with Crippen molar-refractivity contribution in [2.24, 2.45) is 0 Å². The first-order chi connectivity index (χ1) is 42.8. The molecule has 0 amide bonds. The number of fused-ring (bicyclic) bond motifs is 6. The monoisotopic (exact) mass is 1150 g/mol. The Morgan fingerprint density at radius 1 is 0.322 bits per heavy atom. The Kier molecular flexibility index (Phi) is 20.8. The van der Waals surface area contributed by atoms with Crippen molar-refractivity contribution < 1.29 is 0 Å². The summed E-state index contributed by atoms with van der Waals surface area (Å²) in [6.45, 7) is 13.9. The standard InChI is InChI=1S/C85H98N2/c1-7-11-15-19-21-31-55-85(56-32-22-20-16-12-8-2)80-57-64(6)41-53-75(80)77-61-79-78-58-69(66-35-29-24-30-36-66)46-54-82(78)87(84(79)62-81(77)85)83-60-70(37-25-17-13-9-3)76(59-71(83)38-26-18-14-10-4)68-44-51-74(52-45-68)86(72-47-39-63(5)40-48-72)73-49-42-67(43-50-73)65-33-27-23-28-34-65/h23-24,27-30,33-36,39-54,57-62H,7-22,25-26,31-32,37-38,55-56H2,1-6H3. The van der Waals surface area contributed by atoms with Crippen molar-refractivity contribution in [1.82, 2.24) is 4.57 Å². The summed E-state index contributed by atoms with van der Waals surface area (Å²) < 4.78 is 2.77. The minimum atomic E-state index is -0.0268. The predicted molar refractivity (Wildman–Crippen MR) is 379 cm³/mol. The summed E-state index contributed by atoms with van der Waals surface area (Å²) in [6, 6.07) is 75.2. The van der Waals surface area contributed by atoms with Gasteiger partial charge in [0.05, 0.1) is 11.0 Å². The maximum Gasteiger partial charge on any atom is 0.0544 e. The fraction of sp³-hybridized carbons (Fsp3) is 0.365. The number of hydrogen-bond acceptors (Lipinski definition) is 1. The number of unbranched alkanes of at least 4 members (excludes halogenated alkanes) is 16. The average molecular weight is 1150 g/mol. The van der Waals surface area contributed by atoms with Crippen molar-refractivity contribution in [2.45, 2.75) is 201 Å². The molecule has 1 aliphatic carbocycles. The molecule has 1 aliphatic rings. The fourth-order valence-corrected chi connectivity index (χ4v) is 14.7. The molecule has 0 bridgehead atoms. The van der Waals surface area contributed by atoms with Gasteiger partial charge in [-0.05, 0) is 192 Å². The molecule has 0 unspecified atom stereocenters. The van der Waals surface area contributed by atoms with E-state index in [0.29, 0.717) is 0 Å². The van der Waals surface area contributed by atoms with Gasteiger partial charge < -0.3 is 9.47 Å². The number of anilines is 3. The molecule has 1 aromatic heterocycles. The van der Waals surface area contributed by atoms with Crippen LogP contribution in [0.4, 0.5) is 17.1 Å². The van der Waals surface area contributed by atoms with Crippen molar-refractivity contribution in [3.05, 3.63) is 228 Å². The fourth-order valence-electron chi connectivity index (χ4n) is 14.7. The van der Waals surface area contributed by atoms with Crippen LogP contribution in [0.5, 0.6) is 0 Å². The zero-order valence-corrected chi connectivity index (χ0v) is 53.8. The molecule has 448 valence electrons. The summed E-state index contributed by atoms with van der Waals surface area (Å²) in [7, 11) is 0. The van der Waals surface area contributed by atoms with E-state index in [2.05, 4.69) is 245 Å². The van der Waals surface area contributed by atoms with Gasteiger partial charge in [0.15, 0.2) is 0 Å². The highest BCUT2D eigenvalue weighted by atomic mass is 15.1. The number of aromatic nitrogens is 1. The maximum atomic E-state index is 2.77. The molecule has 0 fully saturated rings. The van der Waals surface area contributed by atoms with Gasteiger partial charge in [0.2, 0.25) is 0 Å². The van der Waals surface area contributed by atoms with Crippen LogP contribution in [0, 0.1) is 13.8 Å². The predicted octanol–water partition coefficient (Wildman–Crippen LogP) is 25.9. The third-order valence-electron chi connectivity index (χ3n) is 19.5. The van der Waals surface area contributed by atoms with Crippen LogP contribution >= 0.6 is 0 Å². The van der Waals surface area contributed by atoms with E-state index in [1.807, 2.05) is 0 Å². The Morgan fingerprint density at radius 3 is 1.37 bits per heavy atom. The Balaban J connectivity index is 1.09. The van der Waals surface area contributed by atoms with Crippen molar-refractivity contribution in [3.63, 3.8) is 0 Å². The van der Waals surface area contributed by atoms with Crippen molar-refractivity contribution >= 4 is 38.9 Å². The highest BCUT2D eigenvalue weighted by Gasteiger charge is 2.43. The van der Waals surface area contributed by atoms with E-state index in [9.17, 15) is 0 Å². The molecule has 9 aromatic carbocycles. The molecule has 2 nitrogen and oxygen atoms in total. The third kappa shape index (κ3) is 13.8. The lowest BCUT2D eigenvalue weighted by Crippen LogP contribution is -2.25. The Labute approximate surface area is 524 Å². The second-order valence-electron chi connectivity index (χ2n) is 25.9. The van der Waals surface area contributed by atoms with Gasteiger partial charge in [0, 0.05) is 38.9 Å². The van der Waals surface area contributed by atoms with Gasteiger partial charge in [-0.3, -0.25) is 0 Å². The molecule has 0 saturated heterocycles. The van der Waals surface area contributed by atoms with Gasteiger partial charge in [-0.1, -0.05) is 276 Å². The Morgan fingerprint density at radius 2 is 0.782 bits per heavy atom. The second kappa shape index (κ2) is 29.5. The van der Waals surface area contributed by atoms with Crippen LogP contribution in [0.25, 0.3) is 72.0 Å². The summed E-state index contributed by atoms with van der Waals surface area (Å²) >= 11 is 0. The van der Waals surface area contributed by atoms with Gasteiger partial charge in [-0.25, -0.2) is 0 Å². The molecule has 0 atom stereocenters. The summed E-state index contributed by atoms with van der Waals surface area (Å²) in [5.74, 6) is 0. The molecule has 1 heterocycles. The average Bonchev–Trinajstić information content (AvgIpc) is 1.56. The first-order valence-electron chi connectivity index (χ1n) is 34.4. The third-order valence-corrected chi connectivity index (χ3v) is 19.5. The molecule has 87 heavy (non-hydrogen) atoms. The van der Waals surface area contributed by atoms with Crippen molar-refractivity contribution in [3.8, 4) is 50.2 Å². The van der Waals surface area contributed by atoms with Crippen LogP contribution in [0.1, 0.15) is 202 Å². The first kappa shape index (κ1) is 61.2. The Bertz CT molecular complexity index is 3790. The van der Waals surface area contributed by atoms with E-state index in [4.69, 9.17) is 0 Å². The molecule has 0 saturated carbocycles. The number of benzene rings is 9. The topological polar surface area (TPSA) is 8.17 Å². The number of hydrogen-bond donors (Lipinski definition) is 0. The lowest BCUT2D eigenvalue weighted by molar-refractivity contribution is 0.398. The van der Waals surface area contributed by atoms with Crippen molar-refractivity contribution in [1.29, 1.82) is 0 Å². The highest BCUT2D eigenvalue weighted by Crippen LogP contribution is 2.56. The van der Waals surface area contributed by atoms with Crippen LogP contribution in [-0.4, -0.2) is 4.57 Å². The zero-order chi connectivity index (χ0) is 60.0. The lowest BCUT2D eigenvalue weighted by Gasteiger charge is -2.33. The normalized spacial score (nSPS) is 12.5. The van der Waals surface area contributed by atoms with E-state index in [0.717, 1.165) is 29.9 Å². The summed E-state index contributed by atoms with van der Waals surface area (Å²) in [4.78, 5) is 2.42.